The summed E-state index contributed by atoms with van der Waals surface area (Å²) in [7, 11) is 3.07. The minimum Gasteiger partial charge on any atom is -0.493 e. The number of carbonyl (C=O) groups excluding carboxylic acids is 1. The van der Waals surface area contributed by atoms with Gasteiger partial charge in [0.15, 0.2) is 17.3 Å². The number of hydrogen-bond acceptors (Lipinski definition) is 6. The zero-order valence-electron chi connectivity index (χ0n) is 16.4. The fourth-order valence-corrected chi connectivity index (χ4v) is 3.89. The summed E-state index contributed by atoms with van der Waals surface area (Å²) in [6, 6.07) is 11.2. The van der Waals surface area contributed by atoms with Gasteiger partial charge in [-0.3, -0.25) is 4.79 Å². The van der Waals surface area contributed by atoms with Crippen molar-refractivity contribution < 1.29 is 18.7 Å². The highest BCUT2D eigenvalue weighted by atomic mass is 32.1. The van der Waals surface area contributed by atoms with Gasteiger partial charge in [-0.1, -0.05) is 12.1 Å². The Labute approximate surface area is 176 Å². The molecule has 0 spiro atoms. The Kier molecular flexibility index (Phi) is 5.62. The molecule has 0 bridgehead atoms. The highest BCUT2D eigenvalue weighted by molar-refractivity contribution is 7.15. The van der Waals surface area contributed by atoms with Crippen molar-refractivity contribution >= 4 is 22.2 Å². The van der Waals surface area contributed by atoms with E-state index in [2.05, 4.69) is 15.4 Å². The van der Waals surface area contributed by atoms with Gasteiger partial charge in [-0.05, 0) is 30.3 Å². The fourth-order valence-electron chi connectivity index (χ4n) is 3.03. The number of hydrogen-bond donors (Lipinski definition) is 1. The van der Waals surface area contributed by atoms with Crippen LogP contribution in [-0.4, -0.2) is 41.3 Å². The molecule has 0 aliphatic heterocycles. The van der Waals surface area contributed by atoms with Crippen molar-refractivity contribution in [3.63, 3.8) is 0 Å². The Morgan fingerprint density at radius 3 is 2.77 bits per heavy atom. The van der Waals surface area contributed by atoms with Gasteiger partial charge in [0.05, 0.1) is 19.9 Å². The fraction of sp³-hybridized carbons (Fsp3) is 0.190. The molecular weight excluding hydrogens is 407 g/mol. The number of benzene rings is 2. The molecule has 30 heavy (non-hydrogen) atoms. The van der Waals surface area contributed by atoms with Crippen LogP contribution in [-0.2, 0) is 6.42 Å². The van der Waals surface area contributed by atoms with Crippen LogP contribution in [0.4, 0.5) is 4.39 Å². The van der Waals surface area contributed by atoms with Crippen molar-refractivity contribution in [2.45, 2.75) is 6.42 Å². The first-order chi connectivity index (χ1) is 14.6. The van der Waals surface area contributed by atoms with Crippen LogP contribution in [0.1, 0.15) is 16.1 Å². The number of amides is 1. The van der Waals surface area contributed by atoms with Crippen molar-refractivity contribution in [2.75, 3.05) is 20.8 Å². The van der Waals surface area contributed by atoms with Crippen molar-refractivity contribution in [3.05, 3.63) is 64.9 Å². The van der Waals surface area contributed by atoms with Gasteiger partial charge in [0.1, 0.15) is 5.82 Å². The molecule has 0 atom stereocenters. The van der Waals surface area contributed by atoms with Gasteiger partial charge >= 0.3 is 0 Å². The third kappa shape index (κ3) is 3.97. The predicted molar refractivity (Wildman–Crippen MR) is 112 cm³/mol. The van der Waals surface area contributed by atoms with Crippen LogP contribution in [0.2, 0.25) is 0 Å². The van der Waals surface area contributed by atoms with E-state index >= 15 is 0 Å². The molecule has 0 aliphatic carbocycles. The Hall–Kier alpha value is -3.46. The second-order valence-corrected chi connectivity index (χ2v) is 7.28. The molecule has 0 fully saturated rings. The van der Waals surface area contributed by atoms with Gasteiger partial charge < -0.3 is 14.8 Å². The van der Waals surface area contributed by atoms with Gasteiger partial charge in [-0.25, -0.2) is 8.91 Å². The quantitative estimate of drug-likeness (QED) is 0.489. The summed E-state index contributed by atoms with van der Waals surface area (Å²) in [5.41, 5.74) is 2.02. The summed E-state index contributed by atoms with van der Waals surface area (Å²) >= 11 is 1.45. The largest absolute Gasteiger partial charge is 0.493 e. The van der Waals surface area contributed by atoms with Gasteiger partial charge in [0.2, 0.25) is 4.96 Å². The maximum atomic E-state index is 13.5. The van der Waals surface area contributed by atoms with Crippen LogP contribution in [0.3, 0.4) is 0 Å². The van der Waals surface area contributed by atoms with Crippen molar-refractivity contribution in [2.24, 2.45) is 0 Å². The van der Waals surface area contributed by atoms with Crippen LogP contribution in [0, 0.1) is 5.82 Å². The molecule has 2 aromatic carbocycles. The summed E-state index contributed by atoms with van der Waals surface area (Å²) in [5.74, 6) is 0.995. The number of ether oxygens (including phenoxy) is 2. The van der Waals surface area contributed by atoms with Crippen LogP contribution in [0.25, 0.3) is 16.3 Å². The third-order valence-electron chi connectivity index (χ3n) is 4.55. The normalized spacial score (nSPS) is 10.9. The molecule has 4 rings (SSSR count). The average Bonchev–Trinajstić information content (AvgIpc) is 3.35. The summed E-state index contributed by atoms with van der Waals surface area (Å²) in [4.78, 5) is 17.6. The molecule has 7 nitrogen and oxygen atoms in total. The number of halogens is 1. The minimum atomic E-state index is -0.330. The minimum absolute atomic E-state index is 0.207. The van der Waals surface area contributed by atoms with Gasteiger partial charge in [-0.15, -0.1) is 16.4 Å². The summed E-state index contributed by atoms with van der Waals surface area (Å²) in [6.45, 7) is 0.425. The van der Waals surface area contributed by atoms with E-state index in [1.54, 1.807) is 42.0 Å². The molecule has 4 aromatic rings. The van der Waals surface area contributed by atoms with E-state index in [-0.39, 0.29) is 11.7 Å². The Balaban J connectivity index is 1.43. The maximum Gasteiger partial charge on any atom is 0.251 e. The third-order valence-corrected chi connectivity index (χ3v) is 5.41. The van der Waals surface area contributed by atoms with E-state index in [0.29, 0.717) is 41.4 Å². The van der Waals surface area contributed by atoms with Crippen LogP contribution in [0.15, 0.2) is 47.8 Å². The second-order valence-electron chi connectivity index (χ2n) is 6.44. The van der Waals surface area contributed by atoms with Crippen molar-refractivity contribution in [1.29, 1.82) is 0 Å². The van der Waals surface area contributed by atoms with E-state index in [4.69, 9.17) is 9.47 Å². The molecule has 1 amide bonds. The maximum absolute atomic E-state index is 13.5. The molecule has 2 heterocycles. The van der Waals surface area contributed by atoms with Crippen LogP contribution < -0.4 is 14.8 Å². The summed E-state index contributed by atoms with van der Waals surface area (Å²) in [5, 5.41) is 9.33. The van der Waals surface area contributed by atoms with Crippen LogP contribution in [0.5, 0.6) is 11.5 Å². The lowest BCUT2D eigenvalue weighted by Crippen LogP contribution is -2.26. The first-order valence-electron chi connectivity index (χ1n) is 9.18. The molecule has 1 N–H and O–H groups in total. The highest BCUT2D eigenvalue weighted by Crippen LogP contribution is 2.27. The Morgan fingerprint density at radius 1 is 1.17 bits per heavy atom. The Bertz CT molecular complexity index is 1200. The zero-order chi connectivity index (χ0) is 21.1. The SMILES string of the molecule is COc1ccc(C(=O)NCCc2csc3nc(-c4cccc(F)c4)nn23)cc1OC. The van der Waals surface area contributed by atoms with E-state index in [9.17, 15) is 9.18 Å². The molecule has 0 aliphatic rings. The lowest BCUT2D eigenvalue weighted by Gasteiger charge is -2.10. The van der Waals surface area contributed by atoms with Gasteiger partial charge in [0.25, 0.3) is 5.91 Å². The van der Waals surface area contributed by atoms with E-state index in [0.717, 1.165) is 10.7 Å². The number of thiazole rings is 1. The number of methoxy groups -OCH3 is 2. The smallest absolute Gasteiger partial charge is 0.251 e. The number of fused-ring (bicyclic) bond motifs is 1. The Morgan fingerprint density at radius 2 is 2.00 bits per heavy atom. The lowest BCUT2D eigenvalue weighted by molar-refractivity contribution is 0.0953. The van der Waals surface area contributed by atoms with E-state index in [1.807, 2.05) is 5.38 Å². The summed E-state index contributed by atoms with van der Waals surface area (Å²) in [6.07, 6.45) is 0.574. The monoisotopic (exact) mass is 426 g/mol. The van der Waals surface area contributed by atoms with E-state index < -0.39 is 0 Å². The predicted octanol–water partition coefficient (Wildman–Crippen LogP) is 3.59. The number of carbonyl (C=O) groups is 1. The number of nitrogens with one attached hydrogen (secondary N) is 1. The van der Waals surface area contributed by atoms with Crippen molar-refractivity contribution in [3.8, 4) is 22.9 Å². The highest BCUT2D eigenvalue weighted by Gasteiger charge is 2.13. The average molecular weight is 426 g/mol. The molecular formula is C21H19FN4O3S. The molecule has 9 heteroatoms. The molecule has 0 saturated heterocycles. The molecule has 0 saturated carbocycles. The standard InChI is InChI=1S/C21H19FN4O3S/c1-28-17-7-6-14(11-18(17)29-2)20(27)23-9-8-16-12-30-21-24-19(25-26(16)21)13-4-3-5-15(22)10-13/h3-7,10-12H,8-9H2,1-2H3,(H,23,27). The number of nitrogens with zero attached hydrogens (tertiary/aromatic N) is 3. The lowest BCUT2D eigenvalue weighted by atomic mass is 10.2. The molecule has 2 aromatic heterocycles. The van der Waals surface area contributed by atoms with Gasteiger partial charge in [-0.2, -0.15) is 4.98 Å². The second kappa shape index (κ2) is 8.50. The van der Waals surface area contributed by atoms with Crippen LogP contribution >= 0.6 is 11.3 Å². The molecule has 0 radical (unpaired) electrons. The van der Waals surface area contributed by atoms with Gasteiger partial charge in [0, 0.05) is 29.5 Å². The van der Waals surface area contributed by atoms with E-state index in [1.165, 1.54) is 30.6 Å². The summed E-state index contributed by atoms with van der Waals surface area (Å²) < 4.78 is 25.6. The van der Waals surface area contributed by atoms with Crippen molar-refractivity contribution in [1.82, 2.24) is 19.9 Å². The first kappa shape index (κ1) is 19.8. The number of aromatic nitrogens is 3. The first-order valence-corrected chi connectivity index (χ1v) is 10.1. The molecule has 0 unspecified atom stereocenters. The topological polar surface area (TPSA) is 77.8 Å². The number of rotatable bonds is 7. The zero-order valence-corrected chi connectivity index (χ0v) is 17.2. The molecule has 154 valence electrons.